The highest BCUT2D eigenvalue weighted by Crippen LogP contribution is 2.28. The topological polar surface area (TPSA) is 29.1 Å². The van der Waals surface area contributed by atoms with Gasteiger partial charge in [0.2, 0.25) is 5.91 Å². The maximum atomic E-state index is 11.4. The van der Waals surface area contributed by atoms with Crippen LogP contribution in [0.3, 0.4) is 0 Å². The van der Waals surface area contributed by atoms with Gasteiger partial charge in [0, 0.05) is 13.0 Å². The number of carbonyl (C=O) groups is 1. The Kier molecular flexibility index (Phi) is 5.74. The second kappa shape index (κ2) is 6.86. The molecule has 0 atom stereocenters. The zero-order valence-corrected chi connectivity index (χ0v) is 10.2. The van der Waals surface area contributed by atoms with Crippen LogP contribution in [0.5, 0.6) is 0 Å². The minimum Gasteiger partial charge on any atom is -0.356 e. The fourth-order valence-electron chi connectivity index (χ4n) is 2.26. The van der Waals surface area contributed by atoms with Crippen molar-refractivity contribution in [2.24, 2.45) is 11.8 Å². The van der Waals surface area contributed by atoms with Gasteiger partial charge in [0.25, 0.3) is 0 Å². The molecule has 0 saturated heterocycles. The first-order valence-electron chi connectivity index (χ1n) is 6.45. The third kappa shape index (κ3) is 5.81. The summed E-state index contributed by atoms with van der Waals surface area (Å²) in [6.07, 6.45) is 8.67. The monoisotopic (exact) mass is 211 g/mol. The first-order chi connectivity index (χ1) is 7.18. The van der Waals surface area contributed by atoms with Crippen LogP contribution in [-0.4, -0.2) is 12.5 Å². The molecule has 1 saturated carbocycles. The van der Waals surface area contributed by atoms with Gasteiger partial charge >= 0.3 is 0 Å². The molecule has 0 bridgehead atoms. The average molecular weight is 211 g/mol. The highest BCUT2D eigenvalue weighted by atomic mass is 16.1. The minimum atomic E-state index is 0.238. The van der Waals surface area contributed by atoms with Gasteiger partial charge < -0.3 is 5.32 Å². The molecule has 0 aromatic carbocycles. The van der Waals surface area contributed by atoms with E-state index in [2.05, 4.69) is 19.2 Å². The number of hydrogen-bond donors (Lipinski definition) is 1. The van der Waals surface area contributed by atoms with E-state index >= 15 is 0 Å². The highest BCUT2D eigenvalue weighted by Gasteiger charge is 2.14. The molecule has 1 fully saturated rings. The van der Waals surface area contributed by atoms with Crippen molar-refractivity contribution in [2.45, 2.75) is 58.8 Å². The zero-order chi connectivity index (χ0) is 11.1. The van der Waals surface area contributed by atoms with Crippen LogP contribution in [0, 0.1) is 11.8 Å². The molecule has 0 radical (unpaired) electrons. The molecule has 0 aromatic rings. The van der Waals surface area contributed by atoms with Crippen LogP contribution >= 0.6 is 0 Å². The van der Waals surface area contributed by atoms with E-state index in [1.165, 1.54) is 32.1 Å². The van der Waals surface area contributed by atoms with Gasteiger partial charge in [-0.05, 0) is 24.7 Å². The van der Waals surface area contributed by atoms with Crippen molar-refractivity contribution in [1.29, 1.82) is 0 Å². The van der Waals surface area contributed by atoms with Gasteiger partial charge in [-0.25, -0.2) is 0 Å². The van der Waals surface area contributed by atoms with Crippen LogP contribution in [0.4, 0.5) is 0 Å². The van der Waals surface area contributed by atoms with Crippen LogP contribution in [0.25, 0.3) is 0 Å². The maximum Gasteiger partial charge on any atom is 0.220 e. The number of carbonyl (C=O) groups excluding carboxylic acids is 1. The zero-order valence-electron chi connectivity index (χ0n) is 10.2. The Bertz CT molecular complexity index is 183. The lowest BCUT2D eigenvalue weighted by atomic mass is 10.0. The number of amides is 1. The van der Waals surface area contributed by atoms with E-state index in [4.69, 9.17) is 0 Å². The molecule has 1 amide bonds. The van der Waals surface area contributed by atoms with Crippen molar-refractivity contribution in [3.05, 3.63) is 0 Å². The first kappa shape index (κ1) is 12.5. The van der Waals surface area contributed by atoms with Gasteiger partial charge in [-0.1, -0.05) is 39.5 Å². The summed E-state index contributed by atoms with van der Waals surface area (Å²) >= 11 is 0. The molecule has 88 valence electrons. The summed E-state index contributed by atoms with van der Waals surface area (Å²) in [5, 5.41) is 2.97. The molecule has 1 aliphatic rings. The molecule has 0 aliphatic heterocycles. The molecule has 2 nitrogen and oxygen atoms in total. The molecular formula is C13H25NO. The van der Waals surface area contributed by atoms with E-state index in [1.807, 2.05) is 0 Å². The highest BCUT2D eigenvalue weighted by molar-refractivity contribution is 5.75. The Morgan fingerprint density at radius 2 is 2.00 bits per heavy atom. The Labute approximate surface area is 93.8 Å². The number of rotatable bonds is 6. The largest absolute Gasteiger partial charge is 0.356 e. The SMILES string of the molecule is CC(C)CNC(=O)CCCC1CCCC1. The quantitative estimate of drug-likeness (QED) is 0.718. The second-order valence-corrected chi connectivity index (χ2v) is 5.24. The van der Waals surface area contributed by atoms with Gasteiger partial charge in [-0.3, -0.25) is 4.79 Å². The van der Waals surface area contributed by atoms with E-state index in [9.17, 15) is 4.79 Å². The Balaban J connectivity index is 1.96. The predicted molar refractivity (Wildman–Crippen MR) is 63.7 cm³/mol. The number of nitrogens with one attached hydrogen (secondary N) is 1. The van der Waals surface area contributed by atoms with E-state index < -0.39 is 0 Å². The minimum absolute atomic E-state index is 0.238. The standard InChI is InChI=1S/C13H25NO/c1-11(2)10-14-13(15)9-5-8-12-6-3-4-7-12/h11-12H,3-10H2,1-2H3,(H,14,15). The molecule has 2 heteroatoms. The molecule has 0 spiro atoms. The molecule has 1 N–H and O–H groups in total. The van der Waals surface area contributed by atoms with E-state index in [-0.39, 0.29) is 5.91 Å². The second-order valence-electron chi connectivity index (χ2n) is 5.24. The Hall–Kier alpha value is -0.530. The summed E-state index contributed by atoms with van der Waals surface area (Å²) in [5.41, 5.74) is 0. The van der Waals surface area contributed by atoms with Crippen LogP contribution in [0.15, 0.2) is 0 Å². The fraction of sp³-hybridized carbons (Fsp3) is 0.923. The molecule has 15 heavy (non-hydrogen) atoms. The molecule has 0 aromatic heterocycles. The Morgan fingerprint density at radius 3 is 2.60 bits per heavy atom. The van der Waals surface area contributed by atoms with Crippen molar-refractivity contribution < 1.29 is 4.79 Å². The molecule has 0 unspecified atom stereocenters. The van der Waals surface area contributed by atoms with Crippen LogP contribution in [-0.2, 0) is 4.79 Å². The summed E-state index contributed by atoms with van der Waals surface area (Å²) in [5.74, 6) is 1.72. The van der Waals surface area contributed by atoms with Crippen molar-refractivity contribution in [2.75, 3.05) is 6.54 Å². The lowest BCUT2D eigenvalue weighted by Crippen LogP contribution is -2.27. The first-order valence-corrected chi connectivity index (χ1v) is 6.45. The van der Waals surface area contributed by atoms with Crippen molar-refractivity contribution in [3.8, 4) is 0 Å². The van der Waals surface area contributed by atoms with Gasteiger partial charge in [-0.2, -0.15) is 0 Å². The van der Waals surface area contributed by atoms with E-state index in [0.29, 0.717) is 5.92 Å². The summed E-state index contributed by atoms with van der Waals surface area (Å²) in [4.78, 5) is 11.4. The normalized spacial score (nSPS) is 17.3. The summed E-state index contributed by atoms with van der Waals surface area (Å²) in [6, 6.07) is 0. The lowest BCUT2D eigenvalue weighted by Gasteiger charge is -2.09. The number of hydrogen-bond acceptors (Lipinski definition) is 1. The summed E-state index contributed by atoms with van der Waals surface area (Å²) in [6.45, 7) is 5.07. The van der Waals surface area contributed by atoms with Gasteiger partial charge in [0.1, 0.15) is 0 Å². The van der Waals surface area contributed by atoms with Crippen molar-refractivity contribution in [3.63, 3.8) is 0 Å². The smallest absolute Gasteiger partial charge is 0.220 e. The van der Waals surface area contributed by atoms with Gasteiger partial charge in [0.15, 0.2) is 0 Å². The lowest BCUT2D eigenvalue weighted by molar-refractivity contribution is -0.121. The van der Waals surface area contributed by atoms with Crippen LogP contribution < -0.4 is 5.32 Å². The third-order valence-electron chi connectivity index (χ3n) is 3.20. The Morgan fingerprint density at radius 1 is 1.33 bits per heavy atom. The molecule has 0 heterocycles. The summed E-state index contributed by atoms with van der Waals surface area (Å²) < 4.78 is 0. The fourth-order valence-corrected chi connectivity index (χ4v) is 2.26. The molecular weight excluding hydrogens is 186 g/mol. The summed E-state index contributed by atoms with van der Waals surface area (Å²) in [7, 11) is 0. The van der Waals surface area contributed by atoms with Crippen LogP contribution in [0.1, 0.15) is 58.8 Å². The van der Waals surface area contributed by atoms with Gasteiger partial charge in [0.05, 0.1) is 0 Å². The van der Waals surface area contributed by atoms with Crippen molar-refractivity contribution in [1.82, 2.24) is 5.32 Å². The third-order valence-corrected chi connectivity index (χ3v) is 3.20. The van der Waals surface area contributed by atoms with E-state index in [1.54, 1.807) is 0 Å². The predicted octanol–water partition coefficient (Wildman–Crippen LogP) is 3.12. The van der Waals surface area contributed by atoms with Crippen LogP contribution in [0.2, 0.25) is 0 Å². The molecule has 1 aliphatic carbocycles. The van der Waals surface area contributed by atoms with Crippen molar-refractivity contribution >= 4 is 5.91 Å². The average Bonchev–Trinajstić information content (AvgIpc) is 2.67. The molecule has 1 rings (SSSR count). The van der Waals surface area contributed by atoms with E-state index in [0.717, 1.165) is 25.3 Å². The maximum absolute atomic E-state index is 11.4. The van der Waals surface area contributed by atoms with Gasteiger partial charge in [-0.15, -0.1) is 0 Å².